The van der Waals surface area contributed by atoms with Gasteiger partial charge in [0.2, 0.25) is 0 Å². The van der Waals surface area contributed by atoms with Crippen LogP contribution in [0.4, 0.5) is 0 Å². The Morgan fingerprint density at radius 3 is 2.75 bits per heavy atom. The van der Waals surface area contributed by atoms with Crippen LogP contribution < -0.4 is 4.74 Å². The van der Waals surface area contributed by atoms with Crippen LogP contribution in [0, 0.1) is 11.3 Å². The summed E-state index contributed by atoms with van der Waals surface area (Å²) < 4.78 is 5.81. The zero-order chi connectivity index (χ0) is 17.1. The van der Waals surface area contributed by atoms with Crippen molar-refractivity contribution < 1.29 is 9.53 Å². The third-order valence-corrected chi connectivity index (χ3v) is 5.23. The van der Waals surface area contributed by atoms with E-state index in [0.717, 1.165) is 25.9 Å². The molecular formula is C19H25N3O2. The summed E-state index contributed by atoms with van der Waals surface area (Å²) in [5.41, 5.74) is 0.541. The lowest BCUT2D eigenvalue weighted by molar-refractivity contribution is -0.139. The van der Waals surface area contributed by atoms with Crippen LogP contribution in [0.3, 0.4) is 0 Å². The molecule has 2 aliphatic rings. The monoisotopic (exact) mass is 327 g/mol. The summed E-state index contributed by atoms with van der Waals surface area (Å²) in [5, 5.41) is 8.97. The molecule has 1 amide bonds. The lowest BCUT2D eigenvalue weighted by Crippen LogP contribution is -2.50. The highest BCUT2D eigenvalue weighted by molar-refractivity contribution is 5.81. The minimum Gasteiger partial charge on any atom is -0.481 e. The zero-order valence-electron chi connectivity index (χ0n) is 14.4. The Balaban J connectivity index is 1.67. The predicted molar refractivity (Wildman–Crippen MR) is 91.6 cm³/mol. The summed E-state index contributed by atoms with van der Waals surface area (Å²) in [4.78, 5) is 17.3. The summed E-state index contributed by atoms with van der Waals surface area (Å²) in [5.74, 6) is 0.629. The Hall–Kier alpha value is -2.06. The van der Waals surface area contributed by atoms with E-state index in [1.54, 1.807) is 31.2 Å². The smallest absolute Gasteiger partial charge is 0.263 e. The maximum atomic E-state index is 12.9. The highest BCUT2D eigenvalue weighted by atomic mass is 16.5. The van der Waals surface area contributed by atoms with Crippen molar-refractivity contribution in [2.45, 2.75) is 50.8 Å². The molecule has 0 radical (unpaired) electrons. The van der Waals surface area contributed by atoms with Crippen molar-refractivity contribution in [1.82, 2.24) is 9.80 Å². The quantitative estimate of drug-likeness (QED) is 0.852. The molecule has 0 aromatic heterocycles. The van der Waals surface area contributed by atoms with E-state index in [2.05, 4.69) is 18.0 Å². The lowest BCUT2D eigenvalue weighted by Gasteiger charge is -2.34. The molecular weight excluding hydrogens is 302 g/mol. The van der Waals surface area contributed by atoms with E-state index in [4.69, 9.17) is 10.00 Å². The number of amides is 1. The van der Waals surface area contributed by atoms with E-state index < -0.39 is 6.10 Å². The number of ether oxygens (including phenoxy) is 1. The first kappa shape index (κ1) is 16.8. The maximum Gasteiger partial charge on any atom is 0.263 e. The fourth-order valence-corrected chi connectivity index (χ4v) is 4.02. The second kappa shape index (κ2) is 7.23. The summed E-state index contributed by atoms with van der Waals surface area (Å²) in [6, 6.07) is 9.85. The summed E-state index contributed by atoms with van der Waals surface area (Å²) in [6.07, 6.45) is 4.00. The first-order valence-corrected chi connectivity index (χ1v) is 8.77. The number of rotatable bonds is 4. The number of carbonyl (C=O) groups is 1. The van der Waals surface area contributed by atoms with Crippen molar-refractivity contribution in [3.05, 3.63) is 29.8 Å². The number of likely N-dealkylation sites (tertiary alicyclic amines) is 2. The van der Waals surface area contributed by atoms with Gasteiger partial charge in [-0.05, 0) is 64.4 Å². The average Bonchev–Trinajstić information content (AvgIpc) is 3.22. The van der Waals surface area contributed by atoms with Gasteiger partial charge in [-0.15, -0.1) is 0 Å². The zero-order valence-corrected chi connectivity index (χ0v) is 14.4. The van der Waals surface area contributed by atoms with Gasteiger partial charge in [0.25, 0.3) is 5.91 Å². The average molecular weight is 327 g/mol. The van der Waals surface area contributed by atoms with E-state index >= 15 is 0 Å². The van der Waals surface area contributed by atoms with Crippen molar-refractivity contribution in [1.29, 1.82) is 5.26 Å². The first-order valence-electron chi connectivity index (χ1n) is 8.77. The van der Waals surface area contributed by atoms with Crippen molar-refractivity contribution in [3.63, 3.8) is 0 Å². The molecule has 5 nitrogen and oxygen atoms in total. The van der Waals surface area contributed by atoms with Crippen molar-refractivity contribution in [3.8, 4) is 11.8 Å². The van der Waals surface area contributed by atoms with E-state index in [1.165, 1.54) is 12.8 Å². The molecule has 1 aromatic rings. The molecule has 2 saturated heterocycles. The fraction of sp³-hybridized carbons (Fsp3) is 0.579. The highest BCUT2D eigenvalue weighted by Gasteiger charge is 2.39. The molecule has 128 valence electrons. The Kier molecular flexibility index (Phi) is 5.06. The number of nitrogens with zero attached hydrogens (tertiary/aromatic N) is 3. The number of benzene rings is 1. The van der Waals surface area contributed by atoms with Crippen LogP contribution in [-0.4, -0.2) is 54.0 Å². The first-order chi connectivity index (χ1) is 11.6. The molecule has 0 spiro atoms. The molecule has 3 rings (SSSR count). The van der Waals surface area contributed by atoms with Gasteiger partial charge in [-0.3, -0.25) is 4.79 Å². The van der Waals surface area contributed by atoms with Gasteiger partial charge in [-0.25, -0.2) is 0 Å². The highest BCUT2D eigenvalue weighted by Crippen LogP contribution is 2.29. The largest absolute Gasteiger partial charge is 0.481 e. The second-order valence-electron chi connectivity index (χ2n) is 6.83. The molecule has 2 heterocycles. The van der Waals surface area contributed by atoms with E-state index in [1.807, 2.05) is 4.90 Å². The van der Waals surface area contributed by atoms with Gasteiger partial charge in [0.1, 0.15) is 5.75 Å². The van der Waals surface area contributed by atoms with Gasteiger partial charge >= 0.3 is 0 Å². The Morgan fingerprint density at radius 1 is 1.29 bits per heavy atom. The Morgan fingerprint density at radius 2 is 2.04 bits per heavy atom. The molecule has 0 unspecified atom stereocenters. The standard InChI is InChI=1S/C19H25N3O2/c1-14(24-16-7-3-6-15(12-16)13-20)19(23)22-11-5-9-18(22)17-8-4-10-21(17)2/h3,6-7,12,14,17-18H,4-5,8-11H2,1-2H3/t14-,17-,18+/m0/s1. The van der Waals surface area contributed by atoms with Crippen LogP contribution >= 0.6 is 0 Å². The molecule has 0 bridgehead atoms. The summed E-state index contributed by atoms with van der Waals surface area (Å²) in [7, 11) is 2.16. The number of likely N-dealkylation sites (N-methyl/N-ethyl adjacent to an activating group) is 1. The molecule has 0 saturated carbocycles. The maximum absolute atomic E-state index is 12.9. The SMILES string of the molecule is C[C@H](Oc1cccc(C#N)c1)C(=O)N1CCC[C@@H]1[C@@H]1CCCN1C. The van der Waals surface area contributed by atoms with Gasteiger partial charge in [-0.1, -0.05) is 6.07 Å². The van der Waals surface area contributed by atoms with E-state index in [0.29, 0.717) is 23.4 Å². The third-order valence-electron chi connectivity index (χ3n) is 5.23. The number of hydrogen-bond donors (Lipinski definition) is 0. The van der Waals surface area contributed by atoms with Gasteiger partial charge in [-0.2, -0.15) is 5.26 Å². The van der Waals surface area contributed by atoms with Gasteiger partial charge < -0.3 is 14.5 Å². The molecule has 1 aromatic carbocycles. The Labute approximate surface area is 143 Å². The van der Waals surface area contributed by atoms with Crippen molar-refractivity contribution in [2.75, 3.05) is 20.1 Å². The van der Waals surface area contributed by atoms with Crippen LogP contribution in [0.25, 0.3) is 0 Å². The van der Waals surface area contributed by atoms with Crippen molar-refractivity contribution in [2.24, 2.45) is 0 Å². The van der Waals surface area contributed by atoms with E-state index in [-0.39, 0.29) is 5.91 Å². The van der Waals surface area contributed by atoms with Crippen LogP contribution in [0.2, 0.25) is 0 Å². The molecule has 2 aliphatic heterocycles. The van der Waals surface area contributed by atoms with Crippen LogP contribution in [0.15, 0.2) is 24.3 Å². The topological polar surface area (TPSA) is 56.6 Å². The van der Waals surface area contributed by atoms with Crippen LogP contribution in [0.5, 0.6) is 5.75 Å². The predicted octanol–water partition coefficient (Wildman–Crippen LogP) is 2.41. The van der Waals surface area contributed by atoms with Crippen LogP contribution in [0.1, 0.15) is 38.2 Å². The third kappa shape index (κ3) is 3.39. The number of nitriles is 1. The normalized spacial score (nSPS) is 25.5. The minimum absolute atomic E-state index is 0.0557. The van der Waals surface area contributed by atoms with Gasteiger partial charge in [0, 0.05) is 18.6 Å². The number of hydrogen-bond acceptors (Lipinski definition) is 4. The number of carbonyl (C=O) groups excluding carboxylic acids is 1. The second-order valence-corrected chi connectivity index (χ2v) is 6.83. The molecule has 0 N–H and O–H groups in total. The fourth-order valence-electron chi connectivity index (χ4n) is 4.02. The molecule has 3 atom stereocenters. The van der Waals surface area contributed by atoms with Crippen molar-refractivity contribution >= 4 is 5.91 Å². The van der Waals surface area contributed by atoms with Gasteiger partial charge in [0.15, 0.2) is 6.10 Å². The molecule has 24 heavy (non-hydrogen) atoms. The van der Waals surface area contributed by atoms with E-state index in [9.17, 15) is 4.79 Å². The lowest BCUT2D eigenvalue weighted by atomic mass is 10.0. The molecule has 2 fully saturated rings. The molecule has 0 aliphatic carbocycles. The Bertz CT molecular complexity index is 640. The van der Waals surface area contributed by atoms with Crippen LogP contribution in [-0.2, 0) is 4.79 Å². The summed E-state index contributed by atoms with van der Waals surface area (Å²) in [6.45, 7) is 3.74. The molecule has 5 heteroatoms. The minimum atomic E-state index is -0.536. The summed E-state index contributed by atoms with van der Waals surface area (Å²) >= 11 is 0. The van der Waals surface area contributed by atoms with Gasteiger partial charge in [0.05, 0.1) is 11.6 Å².